The maximum absolute atomic E-state index is 13.1. The summed E-state index contributed by atoms with van der Waals surface area (Å²) >= 11 is 5.66. The first kappa shape index (κ1) is 17.7. The third-order valence-electron chi connectivity index (χ3n) is 3.17. The topological polar surface area (TPSA) is 61.4 Å². The molecule has 0 bridgehead atoms. The molecule has 2 N–H and O–H groups in total. The Balaban J connectivity index is 1.95. The van der Waals surface area contributed by atoms with Crippen molar-refractivity contribution < 1.29 is 14.0 Å². The molecular formula is C17H17ClFN3O2. The second kappa shape index (κ2) is 7.79. The van der Waals surface area contributed by atoms with E-state index in [1.807, 2.05) is 0 Å². The van der Waals surface area contributed by atoms with Crippen LogP contribution in [0.2, 0.25) is 5.02 Å². The lowest BCUT2D eigenvalue weighted by molar-refractivity contribution is -0.114. The molecule has 7 heteroatoms. The average molecular weight is 350 g/mol. The van der Waals surface area contributed by atoms with E-state index in [4.69, 9.17) is 11.6 Å². The molecular weight excluding hydrogens is 333 g/mol. The zero-order valence-electron chi connectivity index (χ0n) is 13.3. The van der Waals surface area contributed by atoms with Crippen LogP contribution in [0.5, 0.6) is 0 Å². The summed E-state index contributed by atoms with van der Waals surface area (Å²) in [6.45, 7) is -0.00535. The van der Waals surface area contributed by atoms with Crippen molar-refractivity contribution in [1.82, 2.24) is 4.90 Å². The minimum absolute atomic E-state index is 0.00535. The number of carbonyl (C=O) groups is 2. The van der Waals surface area contributed by atoms with Gasteiger partial charge in [0.05, 0.1) is 11.6 Å². The number of benzene rings is 2. The van der Waals surface area contributed by atoms with E-state index in [0.717, 1.165) is 0 Å². The highest BCUT2D eigenvalue weighted by Crippen LogP contribution is 2.19. The number of anilines is 2. The Labute approximate surface area is 144 Å². The Hall–Kier alpha value is -2.60. The minimum Gasteiger partial charge on any atom is -0.376 e. The highest BCUT2D eigenvalue weighted by molar-refractivity contribution is 6.31. The molecule has 0 heterocycles. The molecule has 0 aliphatic heterocycles. The Morgan fingerprint density at radius 1 is 1.12 bits per heavy atom. The van der Waals surface area contributed by atoms with Crippen molar-refractivity contribution in [3.8, 4) is 0 Å². The van der Waals surface area contributed by atoms with E-state index in [0.29, 0.717) is 16.9 Å². The standard InChI is InChI=1S/C17H17ClFN3O2/c1-22(2)17(24)11-4-3-5-12(8-11)20-10-16(23)21-13-6-7-15(19)14(18)9-13/h3-9,20H,10H2,1-2H3,(H,21,23). The first-order valence-corrected chi connectivity index (χ1v) is 7.55. The van der Waals surface area contributed by atoms with Gasteiger partial charge in [0.1, 0.15) is 5.82 Å². The van der Waals surface area contributed by atoms with Gasteiger partial charge in [-0.3, -0.25) is 9.59 Å². The van der Waals surface area contributed by atoms with Gasteiger partial charge >= 0.3 is 0 Å². The van der Waals surface area contributed by atoms with E-state index < -0.39 is 5.82 Å². The molecule has 24 heavy (non-hydrogen) atoms. The summed E-state index contributed by atoms with van der Waals surface area (Å²) in [6, 6.07) is 10.8. The van der Waals surface area contributed by atoms with Crippen molar-refractivity contribution in [1.29, 1.82) is 0 Å². The summed E-state index contributed by atoms with van der Waals surface area (Å²) in [4.78, 5) is 25.3. The highest BCUT2D eigenvalue weighted by Gasteiger charge is 2.09. The molecule has 5 nitrogen and oxygen atoms in total. The second-order valence-corrected chi connectivity index (χ2v) is 5.72. The molecule has 2 amide bonds. The molecule has 0 saturated carbocycles. The molecule has 0 radical (unpaired) electrons. The summed E-state index contributed by atoms with van der Waals surface area (Å²) in [5.41, 5.74) is 1.58. The van der Waals surface area contributed by atoms with E-state index in [2.05, 4.69) is 10.6 Å². The second-order valence-electron chi connectivity index (χ2n) is 5.31. The van der Waals surface area contributed by atoms with Gasteiger partial charge in [0, 0.05) is 31.0 Å². The highest BCUT2D eigenvalue weighted by atomic mass is 35.5. The number of hydrogen-bond donors (Lipinski definition) is 2. The lowest BCUT2D eigenvalue weighted by Gasteiger charge is -2.12. The number of carbonyl (C=O) groups excluding carboxylic acids is 2. The SMILES string of the molecule is CN(C)C(=O)c1cccc(NCC(=O)Nc2ccc(F)c(Cl)c2)c1. The van der Waals surface area contributed by atoms with Gasteiger partial charge in [0.15, 0.2) is 0 Å². The summed E-state index contributed by atoms with van der Waals surface area (Å²) < 4.78 is 13.1. The largest absolute Gasteiger partial charge is 0.376 e. The zero-order chi connectivity index (χ0) is 17.7. The molecule has 0 fully saturated rings. The molecule has 2 aromatic carbocycles. The molecule has 2 rings (SSSR count). The van der Waals surface area contributed by atoms with Crippen LogP contribution in [0.15, 0.2) is 42.5 Å². The van der Waals surface area contributed by atoms with E-state index >= 15 is 0 Å². The first-order chi connectivity index (χ1) is 11.4. The number of nitrogens with one attached hydrogen (secondary N) is 2. The van der Waals surface area contributed by atoms with Crippen LogP contribution < -0.4 is 10.6 Å². The van der Waals surface area contributed by atoms with Gasteiger partial charge in [0.2, 0.25) is 5.91 Å². The monoisotopic (exact) mass is 349 g/mol. The smallest absolute Gasteiger partial charge is 0.253 e. The van der Waals surface area contributed by atoms with Gasteiger partial charge < -0.3 is 15.5 Å². The summed E-state index contributed by atoms with van der Waals surface area (Å²) in [7, 11) is 3.34. The van der Waals surface area contributed by atoms with Crippen LogP contribution in [0, 0.1) is 5.82 Å². The zero-order valence-corrected chi connectivity index (χ0v) is 14.0. The van der Waals surface area contributed by atoms with Crippen LogP contribution in [0.25, 0.3) is 0 Å². The van der Waals surface area contributed by atoms with Crippen molar-refractivity contribution in [3.05, 3.63) is 58.9 Å². The van der Waals surface area contributed by atoms with Gasteiger partial charge in [-0.1, -0.05) is 17.7 Å². The van der Waals surface area contributed by atoms with Crippen molar-refractivity contribution in [3.63, 3.8) is 0 Å². The quantitative estimate of drug-likeness (QED) is 0.871. The lowest BCUT2D eigenvalue weighted by Crippen LogP contribution is -2.23. The van der Waals surface area contributed by atoms with Crippen LogP contribution in [0.4, 0.5) is 15.8 Å². The van der Waals surface area contributed by atoms with Crippen LogP contribution in [-0.2, 0) is 4.79 Å². The molecule has 0 aliphatic rings. The number of nitrogens with zero attached hydrogens (tertiary/aromatic N) is 1. The Morgan fingerprint density at radius 2 is 1.88 bits per heavy atom. The molecule has 2 aromatic rings. The van der Waals surface area contributed by atoms with Crippen molar-refractivity contribution >= 4 is 34.8 Å². The molecule has 0 saturated heterocycles. The fourth-order valence-electron chi connectivity index (χ4n) is 1.98. The third-order valence-corrected chi connectivity index (χ3v) is 3.46. The van der Waals surface area contributed by atoms with Crippen molar-refractivity contribution in [2.24, 2.45) is 0 Å². The van der Waals surface area contributed by atoms with Gasteiger partial charge in [-0.05, 0) is 36.4 Å². The van der Waals surface area contributed by atoms with E-state index in [1.165, 1.54) is 23.1 Å². The number of halogens is 2. The number of rotatable bonds is 5. The number of hydrogen-bond acceptors (Lipinski definition) is 3. The Bertz CT molecular complexity index is 765. The van der Waals surface area contributed by atoms with Crippen molar-refractivity contribution in [2.75, 3.05) is 31.3 Å². The Kier molecular flexibility index (Phi) is 5.76. The maximum atomic E-state index is 13.1. The molecule has 126 valence electrons. The van der Waals surface area contributed by atoms with Gasteiger partial charge in [-0.2, -0.15) is 0 Å². The molecule has 0 spiro atoms. The van der Waals surface area contributed by atoms with Crippen LogP contribution in [0.1, 0.15) is 10.4 Å². The fraction of sp³-hybridized carbons (Fsp3) is 0.176. The third kappa shape index (κ3) is 4.70. The van der Waals surface area contributed by atoms with Crippen LogP contribution in [0.3, 0.4) is 0 Å². The van der Waals surface area contributed by atoms with Crippen LogP contribution in [-0.4, -0.2) is 37.4 Å². The normalized spacial score (nSPS) is 10.2. The van der Waals surface area contributed by atoms with Crippen molar-refractivity contribution in [2.45, 2.75) is 0 Å². The van der Waals surface area contributed by atoms with Crippen LogP contribution >= 0.6 is 11.6 Å². The number of amides is 2. The molecule has 0 aromatic heterocycles. The first-order valence-electron chi connectivity index (χ1n) is 7.17. The summed E-state index contributed by atoms with van der Waals surface area (Å²) in [5.74, 6) is -0.985. The van der Waals surface area contributed by atoms with Gasteiger partial charge in [-0.25, -0.2) is 4.39 Å². The fourth-order valence-corrected chi connectivity index (χ4v) is 2.16. The predicted octanol–water partition coefficient (Wildman–Crippen LogP) is 3.23. The van der Waals surface area contributed by atoms with E-state index in [1.54, 1.807) is 38.4 Å². The molecule has 0 unspecified atom stereocenters. The van der Waals surface area contributed by atoms with Gasteiger partial charge in [-0.15, -0.1) is 0 Å². The summed E-state index contributed by atoms with van der Waals surface area (Å²) in [5, 5.41) is 5.48. The molecule has 0 atom stereocenters. The summed E-state index contributed by atoms with van der Waals surface area (Å²) in [6.07, 6.45) is 0. The van der Waals surface area contributed by atoms with Gasteiger partial charge in [0.25, 0.3) is 5.91 Å². The lowest BCUT2D eigenvalue weighted by atomic mass is 10.2. The minimum atomic E-state index is -0.546. The Morgan fingerprint density at radius 3 is 2.54 bits per heavy atom. The van der Waals surface area contributed by atoms with E-state index in [-0.39, 0.29) is 23.4 Å². The maximum Gasteiger partial charge on any atom is 0.253 e. The average Bonchev–Trinajstić information content (AvgIpc) is 2.56. The van der Waals surface area contributed by atoms with E-state index in [9.17, 15) is 14.0 Å². The molecule has 0 aliphatic carbocycles. The predicted molar refractivity (Wildman–Crippen MR) is 93.0 cm³/mol.